The van der Waals surface area contributed by atoms with Crippen LogP contribution in [0.1, 0.15) is 9.80 Å². The molecule has 2 aromatic rings. The number of hydrogen-bond acceptors (Lipinski definition) is 3. The third-order valence-electron chi connectivity index (χ3n) is 1.48. The summed E-state index contributed by atoms with van der Waals surface area (Å²) in [5, 5.41) is 0.315. The molecule has 0 fully saturated rings. The van der Waals surface area contributed by atoms with Crippen molar-refractivity contribution in [2.45, 2.75) is 0 Å². The Balaban J connectivity index is 2.82. The molecule has 0 radical (unpaired) electrons. The standard InChI is InChI=1S/C8H4FNOS/c9-5-2-1-3-6-8(5)12-7(4-11)10-6/h1-4H. The van der Waals surface area contributed by atoms with Crippen LogP contribution in [0, 0.1) is 5.82 Å². The highest BCUT2D eigenvalue weighted by atomic mass is 32.1. The van der Waals surface area contributed by atoms with Gasteiger partial charge in [-0.3, -0.25) is 4.79 Å². The summed E-state index contributed by atoms with van der Waals surface area (Å²) in [7, 11) is 0. The third-order valence-corrected chi connectivity index (χ3v) is 2.49. The lowest BCUT2D eigenvalue weighted by atomic mass is 10.3. The van der Waals surface area contributed by atoms with E-state index in [1.165, 1.54) is 6.07 Å². The van der Waals surface area contributed by atoms with Crippen LogP contribution in [-0.2, 0) is 0 Å². The van der Waals surface area contributed by atoms with Gasteiger partial charge < -0.3 is 0 Å². The van der Waals surface area contributed by atoms with Crippen molar-refractivity contribution < 1.29 is 9.18 Å². The van der Waals surface area contributed by atoms with Crippen LogP contribution < -0.4 is 0 Å². The molecule has 0 atom stereocenters. The molecule has 1 heterocycles. The number of thiazole rings is 1. The van der Waals surface area contributed by atoms with Crippen molar-refractivity contribution in [3.05, 3.63) is 29.0 Å². The molecule has 0 amide bonds. The highest BCUT2D eigenvalue weighted by Gasteiger charge is 2.05. The largest absolute Gasteiger partial charge is 0.295 e. The monoisotopic (exact) mass is 181 g/mol. The van der Waals surface area contributed by atoms with Gasteiger partial charge >= 0.3 is 0 Å². The Morgan fingerprint density at radius 3 is 3.00 bits per heavy atom. The van der Waals surface area contributed by atoms with E-state index >= 15 is 0 Å². The second-order valence-electron chi connectivity index (χ2n) is 2.26. The minimum absolute atomic E-state index is 0.315. The van der Waals surface area contributed by atoms with Crippen LogP contribution in [0.5, 0.6) is 0 Å². The molecule has 0 unspecified atom stereocenters. The number of aromatic nitrogens is 1. The fourth-order valence-electron chi connectivity index (χ4n) is 0.983. The van der Waals surface area contributed by atoms with Crippen molar-refractivity contribution in [3.8, 4) is 0 Å². The molecular formula is C8H4FNOS. The van der Waals surface area contributed by atoms with Crippen molar-refractivity contribution in [2.75, 3.05) is 0 Å². The summed E-state index contributed by atoms with van der Waals surface area (Å²) in [6.07, 6.45) is 0.629. The van der Waals surface area contributed by atoms with Crippen molar-refractivity contribution in [2.24, 2.45) is 0 Å². The second-order valence-corrected chi connectivity index (χ2v) is 3.29. The lowest BCUT2D eigenvalue weighted by molar-refractivity contribution is 0.112. The van der Waals surface area contributed by atoms with E-state index in [9.17, 15) is 9.18 Å². The Hall–Kier alpha value is -1.29. The van der Waals surface area contributed by atoms with Gasteiger partial charge in [-0.05, 0) is 12.1 Å². The smallest absolute Gasteiger partial charge is 0.178 e. The first-order chi connectivity index (χ1) is 5.81. The van der Waals surface area contributed by atoms with Crippen LogP contribution in [0.25, 0.3) is 10.2 Å². The summed E-state index contributed by atoms with van der Waals surface area (Å²) in [6, 6.07) is 4.61. The highest BCUT2D eigenvalue weighted by Crippen LogP contribution is 2.23. The molecule has 0 spiro atoms. The summed E-state index contributed by atoms with van der Waals surface area (Å²) in [4.78, 5) is 14.2. The maximum absolute atomic E-state index is 13.0. The van der Waals surface area contributed by atoms with E-state index in [2.05, 4.69) is 4.98 Å². The van der Waals surface area contributed by atoms with Crippen molar-refractivity contribution >= 4 is 27.8 Å². The van der Waals surface area contributed by atoms with Gasteiger partial charge in [-0.25, -0.2) is 9.37 Å². The first kappa shape index (κ1) is 7.36. The molecule has 0 saturated carbocycles. The fourth-order valence-corrected chi connectivity index (χ4v) is 1.77. The van der Waals surface area contributed by atoms with E-state index < -0.39 is 0 Å². The molecule has 60 valence electrons. The van der Waals surface area contributed by atoms with Crippen LogP contribution in [0.4, 0.5) is 4.39 Å². The second kappa shape index (κ2) is 2.64. The molecule has 4 heteroatoms. The Morgan fingerprint density at radius 1 is 1.50 bits per heavy atom. The molecule has 0 N–H and O–H groups in total. The molecule has 12 heavy (non-hydrogen) atoms. The normalized spacial score (nSPS) is 10.4. The average Bonchev–Trinajstić information content (AvgIpc) is 2.49. The van der Waals surface area contributed by atoms with Crippen LogP contribution in [-0.4, -0.2) is 11.3 Å². The van der Waals surface area contributed by atoms with Gasteiger partial charge in [0.2, 0.25) is 0 Å². The number of aldehydes is 1. The van der Waals surface area contributed by atoms with Gasteiger partial charge in [0.25, 0.3) is 0 Å². The predicted molar refractivity (Wildman–Crippen MR) is 45.0 cm³/mol. The Morgan fingerprint density at radius 2 is 2.33 bits per heavy atom. The zero-order chi connectivity index (χ0) is 8.55. The zero-order valence-electron chi connectivity index (χ0n) is 5.95. The molecule has 2 nitrogen and oxygen atoms in total. The van der Waals surface area contributed by atoms with Gasteiger partial charge in [0, 0.05) is 0 Å². The van der Waals surface area contributed by atoms with Gasteiger partial charge in [-0.2, -0.15) is 0 Å². The van der Waals surface area contributed by atoms with Gasteiger partial charge in [0.15, 0.2) is 11.3 Å². The number of benzene rings is 1. The number of nitrogens with zero attached hydrogens (tertiary/aromatic N) is 1. The van der Waals surface area contributed by atoms with Crippen molar-refractivity contribution in [1.82, 2.24) is 4.98 Å². The molecular weight excluding hydrogens is 177 g/mol. The van der Waals surface area contributed by atoms with Crippen LogP contribution >= 0.6 is 11.3 Å². The van der Waals surface area contributed by atoms with Gasteiger partial charge in [-0.15, -0.1) is 11.3 Å². The quantitative estimate of drug-likeness (QED) is 0.631. The summed E-state index contributed by atoms with van der Waals surface area (Å²) in [6.45, 7) is 0. The summed E-state index contributed by atoms with van der Waals surface area (Å²) in [5.74, 6) is -0.321. The SMILES string of the molecule is O=Cc1nc2cccc(F)c2s1. The van der Waals surface area contributed by atoms with E-state index in [1.54, 1.807) is 12.1 Å². The van der Waals surface area contributed by atoms with Crippen molar-refractivity contribution in [1.29, 1.82) is 0 Å². The Kier molecular flexibility index (Phi) is 1.62. The van der Waals surface area contributed by atoms with Gasteiger partial charge in [0.05, 0.1) is 10.2 Å². The molecule has 0 aliphatic carbocycles. The first-order valence-electron chi connectivity index (χ1n) is 3.31. The molecule has 1 aromatic heterocycles. The molecule has 2 rings (SSSR count). The highest BCUT2D eigenvalue weighted by molar-refractivity contribution is 7.20. The molecule has 1 aromatic carbocycles. The topological polar surface area (TPSA) is 30.0 Å². The van der Waals surface area contributed by atoms with Crippen molar-refractivity contribution in [3.63, 3.8) is 0 Å². The van der Waals surface area contributed by atoms with E-state index in [-0.39, 0.29) is 5.82 Å². The minimum atomic E-state index is -0.321. The van der Waals surface area contributed by atoms with E-state index in [0.717, 1.165) is 11.3 Å². The summed E-state index contributed by atoms with van der Waals surface area (Å²) < 4.78 is 13.4. The number of fused-ring (bicyclic) bond motifs is 1. The number of halogens is 1. The number of carbonyl (C=O) groups is 1. The number of rotatable bonds is 1. The Labute approximate surface area is 71.7 Å². The van der Waals surface area contributed by atoms with Gasteiger partial charge in [0.1, 0.15) is 5.82 Å². The predicted octanol–water partition coefficient (Wildman–Crippen LogP) is 2.25. The fraction of sp³-hybridized carbons (Fsp3) is 0. The Bertz CT molecular complexity index is 438. The summed E-state index contributed by atoms with van der Waals surface area (Å²) >= 11 is 1.07. The zero-order valence-corrected chi connectivity index (χ0v) is 6.77. The third kappa shape index (κ3) is 1.00. The average molecular weight is 181 g/mol. The van der Waals surface area contributed by atoms with Gasteiger partial charge in [-0.1, -0.05) is 6.07 Å². The molecule has 0 aliphatic rings. The van der Waals surface area contributed by atoms with E-state index in [1.807, 2.05) is 0 Å². The molecule has 0 aliphatic heterocycles. The lowest BCUT2D eigenvalue weighted by Gasteiger charge is -1.86. The van der Waals surface area contributed by atoms with Crippen LogP contribution in [0.15, 0.2) is 18.2 Å². The molecule has 0 bridgehead atoms. The van der Waals surface area contributed by atoms with E-state index in [4.69, 9.17) is 0 Å². The van der Waals surface area contributed by atoms with Crippen LogP contribution in [0.3, 0.4) is 0 Å². The molecule has 0 saturated heterocycles. The number of hydrogen-bond donors (Lipinski definition) is 0. The summed E-state index contributed by atoms with van der Waals surface area (Å²) in [5.41, 5.74) is 0.544. The maximum atomic E-state index is 13.0. The lowest BCUT2D eigenvalue weighted by Crippen LogP contribution is -1.74. The minimum Gasteiger partial charge on any atom is -0.295 e. The maximum Gasteiger partial charge on any atom is 0.178 e. The van der Waals surface area contributed by atoms with Crippen LogP contribution in [0.2, 0.25) is 0 Å². The van der Waals surface area contributed by atoms with E-state index in [0.29, 0.717) is 21.5 Å². The first-order valence-corrected chi connectivity index (χ1v) is 4.13. The number of carbonyl (C=O) groups excluding carboxylic acids is 1.